The number of halogens is 1. The Bertz CT molecular complexity index is 636. The van der Waals surface area contributed by atoms with Gasteiger partial charge in [0, 0.05) is 11.3 Å². The lowest BCUT2D eigenvalue weighted by Gasteiger charge is -2.32. The van der Waals surface area contributed by atoms with Crippen LogP contribution in [0.1, 0.15) is 38.8 Å². The Morgan fingerprint density at radius 3 is 2.36 bits per heavy atom. The molecule has 6 heteroatoms. The molecule has 0 amide bonds. The van der Waals surface area contributed by atoms with Crippen molar-refractivity contribution in [3.05, 3.63) is 40.6 Å². The fraction of sp³-hybridized carbons (Fsp3) is 0.438. The number of nitriles is 1. The summed E-state index contributed by atoms with van der Waals surface area (Å²) in [7, 11) is -0.558. The Morgan fingerprint density at radius 2 is 1.91 bits per heavy atom. The van der Waals surface area contributed by atoms with E-state index in [2.05, 4.69) is 12.6 Å². The average molecular weight is 319 g/mol. The molecule has 22 heavy (non-hydrogen) atoms. The largest absolute Gasteiger partial charge is 0.491 e. The van der Waals surface area contributed by atoms with E-state index in [-0.39, 0.29) is 5.56 Å². The molecule has 1 saturated heterocycles. The third-order valence-electron chi connectivity index (χ3n) is 4.21. The summed E-state index contributed by atoms with van der Waals surface area (Å²) in [5.74, 6) is -0.0640. The second kappa shape index (κ2) is 6.07. The van der Waals surface area contributed by atoms with Gasteiger partial charge in [0.1, 0.15) is 5.82 Å². The topological polar surface area (TPSA) is 42.2 Å². The van der Waals surface area contributed by atoms with Crippen LogP contribution in [0.2, 0.25) is 0 Å². The molecule has 2 rings (SSSR count). The van der Waals surface area contributed by atoms with Gasteiger partial charge in [-0.05, 0) is 45.3 Å². The van der Waals surface area contributed by atoms with E-state index in [9.17, 15) is 4.39 Å². The summed E-state index contributed by atoms with van der Waals surface area (Å²) < 4.78 is 25.9. The van der Waals surface area contributed by atoms with Gasteiger partial charge in [0.25, 0.3) is 0 Å². The van der Waals surface area contributed by atoms with Gasteiger partial charge in [-0.3, -0.25) is 0 Å². The van der Waals surface area contributed by atoms with Crippen LogP contribution < -0.4 is 0 Å². The molecule has 1 heterocycles. The number of rotatable bonds is 3. The molecule has 0 atom stereocenters. The Morgan fingerprint density at radius 1 is 1.32 bits per heavy atom. The fourth-order valence-electron chi connectivity index (χ4n) is 2.10. The van der Waals surface area contributed by atoms with Crippen LogP contribution in [0.4, 0.5) is 4.39 Å². The highest BCUT2D eigenvalue weighted by Crippen LogP contribution is 2.39. The zero-order chi connectivity index (χ0) is 16.5. The molecule has 0 saturated carbocycles. The van der Waals surface area contributed by atoms with E-state index in [1.807, 2.05) is 33.8 Å². The predicted molar refractivity (Wildman–Crippen MR) is 89.0 cm³/mol. The number of benzene rings is 1. The maximum absolute atomic E-state index is 14.0. The van der Waals surface area contributed by atoms with Crippen LogP contribution in [0.3, 0.4) is 0 Å². The molecule has 0 unspecified atom stereocenters. The van der Waals surface area contributed by atoms with E-state index in [0.717, 1.165) is 5.47 Å². The lowest BCUT2D eigenvalue weighted by atomic mass is 9.78. The van der Waals surface area contributed by atoms with Crippen molar-refractivity contribution in [3.8, 4) is 6.07 Å². The molecular weight excluding hydrogens is 300 g/mol. The van der Waals surface area contributed by atoms with E-state index in [4.69, 9.17) is 14.6 Å². The number of hydrogen-bond acceptors (Lipinski definition) is 4. The molecule has 0 bridgehead atoms. The number of thiol groups is 1. The van der Waals surface area contributed by atoms with E-state index >= 15 is 0 Å². The van der Waals surface area contributed by atoms with Crippen molar-refractivity contribution in [1.82, 2.24) is 0 Å². The SMILES string of the molecule is CC1(C)OB(C(=Cc2ccc(C#N)cc2F)CS)OC1(C)C. The van der Waals surface area contributed by atoms with Gasteiger partial charge in [-0.1, -0.05) is 12.1 Å². The summed E-state index contributed by atoms with van der Waals surface area (Å²) in [4.78, 5) is 0. The molecule has 0 aliphatic carbocycles. The molecule has 1 fully saturated rings. The van der Waals surface area contributed by atoms with Gasteiger partial charge < -0.3 is 9.31 Å². The minimum atomic E-state index is -0.558. The maximum atomic E-state index is 14.0. The molecule has 0 aromatic heterocycles. The van der Waals surface area contributed by atoms with Crippen LogP contribution in [0.25, 0.3) is 6.08 Å². The van der Waals surface area contributed by atoms with Crippen molar-refractivity contribution in [1.29, 1.82) is 5.26 Å². The summed E-state index contributed by atoms with van der Waals surface area (Å²) in [5.41, 5.74) is 0.507. The Kier molecular flexibility index (Phi) is 4.71. The molecule has 0 spiro atoms. The van der Waals surface area contributed by atoms with Gasteiger partial charge >= 0.3 is 7.12 Å². The summed E-state index contributed by atoms with van der Waals surface area (Å²) in [6.45, 7) is 7.85. The molecule has 1 aromatic carbocycles. The van der Waals surface area contributed by atoms with Crippen molar-refractivity contribution < 1.29 is 13.7 Å². The van der Waals surface area contributed by atoms with Crippen LogP contribution in [0.15, 0.2) is 23.7 Å². The molecule has 0 N–H and O–H groups in total. The lowest BCUT2D eigenvalue weighted by molar-refractivity contribution is 0.00578. The van der Waals surface area contributed by atoms with Crippen molar-refractivity contribution in [2.75, 3.05) is 5.75 Å². The maximum Gasteiger partial charge on any atom is 0.491 e. The Balaban J connectivity index is 2.32. The third-order valence-corrected chi connectivity index (χ3v) is 4.57. The quantitative estimate of drug-likeness (QED) is 0.683. The second-order valence-corrected chi connectivity index (χ2v) is 6.63. The van der Waals surface area contributed by atoms with Gasteiger partial charge in [-0.25, -0.2) is 4.39 Å². The van der Waals surface area contributed by atoms with Crippen molar-refractivity contribution >= 4 is 25.8 Å². The molecule has 1 aliphatic rings. The zero-order valence-corrected chi connectivity index (χ0v) is 14.1. The first-order chi connectivity index (χ1) is 10.2. The predicted octanol–water partition coefficient (Wildman–Crippen LogP) is 3.64. The number of hydrogen-bond donors (Lipinski definition) is 1. The van der Waals surface area contributed by atoms with Crippen LogP contribution in [-0.2, 0) is 9.31 Å². The average Bonchev–Trinajstić information content (AvgIpc) is 2.65. The fourth-order valence-corrected chi connectivity index (χ4v) is 2.34. The Labute approximate surface area is 136 Å². The summed E-state index contributed by atoms with van der Waals surface area (Å²) in [6, 6.07) is 6.28. The summed E-state index contributed by atoms with van der Waals surface area (Å²) in [5, 5.41) is 8.78. The minimum absolute atomic E-state index is 0.290. The van der Waals surface area contributed by atoms with Gasteiger partial charge in [0.05, 0.1) is 22.8 Å². The van der Waals surface area contributed by atoms with Crippen LogP contribution in [0.5, 0.6) is 0 Å². The third kappa shape index (κ3) is 3.22. The van der Waals surface area contributed by atoms with Crippen molar-refractivity contribution in [2.45, 2.75) is 38.9 Å². The van der Waals surface area contributed by atoms with Crippen LogP contribution in [-0.4, -0.2) is 24.1 Å². The molecule has 116 valence electrons. The monoisotopic (exact) mass is 319 g/mol. The molecule has 1 aromatic rings. The van der Waals surface area contributed by atoms with E-state index in [1.165, 1.54) is 6.07 Å². The lowest BCUT2D eigenvalue weighted by Crippen LogP contribution is -2.41. The van der Waals surface area contributed by atoms with E-state index in [0.29, 0.717) is 11.3 Å². The minimum Gasteiger partial charge on any atom is -0.400 e. The molecule has 3 nitrogen and oxygen atoms in total. The highest BCUT2D eigenvalue weighted by Gasteiger charge is 2.52. The summed E-state index contributed by atoms with van der Waals surface area (Å²) in [6.07, 6.45) is 1.67. The highest BCUT2D eigenvalue weighted by atomic mass is 32.1. The first-order valence-electron chi connectivity index (χ1n) is 7.07. The number of nitrogens with zero attached hydrogens (tertiary/aromatic N) is 1. The normalized spacial score (nSPS) is 20.0. The zero-order valence-electron chi connectivity index (χ0n) is 13.2. The Hall–Kier alpha value is -1.29. The van der Waals surface area contributed by atoms with E-state index in [1.54, 1.807) is 18.2 Å². The summed E-state index contributed by atoms with van der Waals surface area (Å²) >= 11 is 4.30. The van der Waals surface area contributed by atoms with Gasteiger partial charge in [-0.2, -0.15) is 17.9 Å². The van der Waals surface area contributed by atoms with Crippen LogP contribution >= 0.6 is 12.6 Å². The first-order valence-corrected chi connectivity index (χ1v) is 7.70. The molecular formula is C16H19BFNO2S. The van der Waals surface area contributed by atoms with Gasteiger partial charge in [-0.15, -0.1) is 0 Å². The standard InChI is InChI=1S/C16H19BFNO2S/c1-15(2)16(3,4)21-17(20-15)13(10-22)8-12-6-5-11(9-19)7-14(12)18/h5-8,22H,10H2,1-4H3. The first kappa shape index (κ1) is 17.1. The van der Waals surface area contributed by atoms with Crippen LogP contribution in [0, 0.1) is 17.1 Å². The van der Waals surface area contributed by atoms with Gasteiger partial charge in [0.2, 0.25) is 0 Å². The van der Waals surface area contributed by atoms with E-state index < -0.39 is 24.1 Å². The molecule has 0 radical (unpaired) electrons. The van der Waals surface area contributed by atoms with Gasteiger partial charge in [0.15, 0.2) is 0 Å². The molecule has 1 aliphatic heterocycles. The smallest absolute Gasteiger partial charge is 0.400 e. The second-order valence-electron chi connectivity index (χ2n) is 6.31. The highest BCUT2D eigenvalue weighted by molar-refractivity contribution is 7.80. The van der Waals surface area contributed by atoms with Crippen molar-refractivity contribution in [3.63, 3.8) is 0 Å². The van der Waals surface area contributed by atoms with Crippen molar-refractivity contribution in [2.24, 2.45) is 0 Å².